The van der Waals surface area contributed by atoms with E-state index in [9.17, 15) is 13.2 Å². The predicted octanol–water partition coefficient (Wildman–Crippen LogP) is 2.69. The maximum absolute atomic E-state index is 12.4. The molecule has 0 radical (unpaired) electrons. The van der Waals surface area contributed by atoms with Gasteiger partial charge in [0, 0.05) is 6.54 Å². The first-order chi connectivity index (χ1) is 7.05. The van der Waals surface area contributed by atoms with Crippen LogP contribution in [0.4, 0.5) is 13.2 Å². The van der Waals surface area contributed by atoms with Gasteiger partial charge in [-0.1, -0.05) is 20.8 Å². The van der Waals surface area contributed by atoms with E-state index in [0.717, 1.165) is 6.42 Å². The number of ether oxygens (including phenoxy) is 1. The minimum atomic E-state index is -4.16. The number of hydrogen-bond donors (Lipinski definition) is 0. The highest BCUT2D eigenvalue weighted by Gasteiger charge is 2.44. The van der Waals surface area contributed by atoms with Crippen LogP contribution in [0.25, 0.3) is 0 Å². The summed E-state index contributed by atoms with van der Waals surface area (Å²) in [5.74, 6) is 0. The minimum absolute atomic E-state index is 0.219. The highest BCUT2D eigenvalue weighted by atomic mass is 19.4. The smallest absolute Gasteiger partial charge is 0.378 e. The van der Waals surface area contributed by atoms with E-state index < -0.39 is 12.2 Å². The molecule has 0 N–H and O–H groups in total. The molecular formula is C10H20F3NO. The zero-order valence-corrected chi connectivity index (χ0v) is 9.60. The van der Waals surface area contributed by atoms with Crippen molar-refractivity contribution in [1.29, 1.82) is 0 Å². The summed E-state index contributed by atoms with van der Waals surface area (Å²) in [5.41, 5.74) is 0. The fraction of sp³-hybridized carbons (Fsp3) is 1.00. The van der Waals surface area contributed by atoms with Crippen molar-refractivity contribution >= 4 is 0 Å². The third-order valence-corrected chi connectivity index (χ3v) is 2.13. The Labute approximate surface area is 89.4 Å². The van der Waals surface area contributed by atoms with Crippen molar-refractivity contribution in [2.45, 2.75) is 39.4 Å². The average Bonchev–Trinajstić information content (AvgIpc) is 2.21. The van der Waals surface area contributed by atoms with Gasteiger partial charge in [0.2, 0.25) is 0 Å². The molecule has 0 bridgehead atoms. The van der Waals surface area contributed by atoms with E-state index in [0.29, 0.717) is 19.7 Å². The lowest BCUT2D eigenvalue weighted by Gasteiger charge is -2.36. The Kier molecular flexibility index (Phi) is 6.92. The van der Waals surface area contributed by atoms with Crippen molar-refractivity contribution in [3.05, 3.63) is 0 Å². The minimum Gasteiger partial charge on any atom is -0.378 e. The van der Waals surface area contributed by atoms with Crippen LogP contribution < -0.4 is 0 Å². The van der Waals surface area contributed by atoms with E-state index in [1.165, 1.54) is 4.90 Å². The summed E-state index contributed by atoms with van der Waals surface area (Å²) in [4.78, 5) is 1.45. The molecule has 0 amide bonds. The van der Waals surface area contributed by atoms with Gasteiger partial charge in [-0.15, -0.1) is 0 Å². The van der Waals surface area contributed by atoms with Crippen molar-refractivity contribution in [1.82, 2.24) is 4.90 Å². The summed E-state index contributed by atoms with van der Waals surface area (Å²) in [6.45, 7) is 6.95. The summed E-state index contributed by atoms with van der Waals surface area (Å²) in [7, 11) is 0. The van der Waals surface area contributed by atoms with E-state index in [4.69, 9.17) is 4.74 Å². The van der Waals surface area contributed by atoms with Gasteiger partial charge >= 0.3 is 6.18 Å². The molecule has 0 saturated carbocycles. The van der Waals surface area contributed by atoms with Crippen molar-refractivity contribution in [3.63, 3.8) is 0 Å². The van der Waals surface area contributed by atoms with Crippen molar-refractivity contribution in [3.8, 4) is 0 Å². The van der Waals surface area contributed by atoms with Gasteiger partial charge in [-0.05, 0) is 13.0 Å². The first-order valence-electron chi connectivity index (χ1n) is 5.44. The SMILES string of the molecule is CC.CCCN1CCOCC1C(F)(F)F. The first-order valence-corrected chi connectivity index (χ1v) is 5.44. The standard InChI is InChI=1S/C8H14F3NO.C2H6/c1-2-3-12-4-5-13-6-7(12)8(9,10)11;1-2/h7H,2-6H2,1H3;1-2H3. The van der Waals surface area contributed by atoms with Crippen molar-refractivity contribution in [2.24, 2.45) is 0 Å². The fourth-order valence-corrected chi connectivity index (χ4v) is 1.49. The van der Waals surface area contributed by atoms with Crippen molar-refractivity contribution < 1.29 is 17.9 Å². The number of rotatable bonds is 2. The molecule has 0 aromatic rings. The van der Waals surface area contributed by atoms with Crippen LogP contribution in [-0.4, -0.2) is 43.4 Å². The van der Waals surface area contributed by atoms with Gasteiger partial charge in [0.25, 0.3) is 0 Å². The Morgan fingerprint density at radius 2 is 1.93 bits per heavy atom. The second kappa shape index (κ2) is 7.06. The number of halogens is 3. The Hall–Kier alpha value is -0.290. The van der Waals surface area contributed by atoms with Crippen LogP contribution in [0.15, 0.2) is 0 Å². The third-order valence-electron chi connectivity index (χ3n) is 2.13. The molecule has 0 aromatic carbocycles. The summed E-state index contributed by atoms with van der Waals surface area (Å²) in [6.07, 6.45) is -3.41. The molecule has 0 aliphatic carbocycles. The number of morpholine rings is 1. The lowest BCUT2D eigenvalue weighted by Crippen LogP contribution is -2.53. The van der Waals surface area contributed by atoms with Gasteiger partial charge in [-0.25, -0.2) is 0 Å². The first kappa shape index (κ1) is 14.7. The van der Waals surface area contributed by atoms with Crippen LogP contribution in [0.5, 0.6) is 0 Å². The van der Waals surface area contributed by atoms with E-state index in [2.05, 4.69) is 0 Å². The van der Waals surface area contributed by atoms with Crippen LogP contribution >= 0.6 is 0 Å². The molecule has 1 aliphatic heterocycles. The molecule has 1 atom stereocenters. The summed E-state index contributed by atoms with van der Waals surface area (Å²) >= 11 is 0. The number of alkyl halides is 3. The van der Waals surface area contributed by atoms with Crippen LogP contribution in [0.2, 0.25) is 0 Å². The molecule has 0 spiro atoms. The number of hydrogen-bond acceptors (Lipinski definition) is 2. The Morgan fingerprint density at radius 1 is 1.33 bits per heavy atom. The van der Waals surface area contributed by atoms with Crippen LogP contribution in [0.3, 0.4) is 0 Å². The van der Waals surface area contributed by atoms with Crippen molar-refractivity contribution in [2.75, 3.05) is 26.3 Å². The van der Waals surface area contributed by atoms with Crippen LogP contribution in [-0.2, 0) is 4.74 Å². The quantitative estimate of drug-likeness (QED) is 0.719. The molecule has 0 aromatic heterocycles. The predicted molar refractivity (Wildman–Crippen MR) is 53.9 cm³/mol. The van der Waals surface area contributed by atoms with E-state index in [1.807, 2.05) is 20.8 Å². The maximum Gasteiger partial charge on any atom is 0.406 e. The monoisotopic (exact) mass is 227 g/mol. The van der Waals surface area contributed by atoms with Gasteiger partial charge in [-0.2, -0.15) is 13.2 Å². The molecule has 1 heterocycles. The van der Waals surface area contributed by atoms with Crippen LogP contribution in [0, 0.1) is 0 Å². The molecule has 5 heteroatoms. The Bertz CT molecular complexity index is 159. The topological polar surface area (TPSA) is 12.5 Å². The van der Waals surface area contributed by atoms with Gasteiger partial charge in [0.05, 0.1) is 13.2 Å². The van der Waals surface area contributed by atoms with E-state index >= 15 is 0 Å². The van der Waals surface area contributed by atoms with E-state index in [1.54, 1.807) is 0 Å². The third kappa shape index (κ3) is 4.84. The normalized spacial score (nSPS) is 23.2. The molecule has 1 aliphatic rings. The fourth-order valence-electron chi connectivity index (χ4n) is 1.49. The van der Waals surface area contributed by atoms with Gasteiger partial charge < -0.3 is 4.74 Å². The summed E-state index contributed by atoms with van der Waals surface area (Å²) in [6, 6.07) is -1.40. The Balaban J connectivity index is 0.000000921. The highest BCUT2D eigenvalue weighted by molar-refractivity contribution is 4.81. The molecule has 1 rings (SSSR count). The largest absolute Gasteiger partial charge is 0.406 e. The van der Waals surface area contributed by atoms with Gasteiger partial charge in [0.15, 0.2) is 0 Å². The lowest BCUT2D eigenvalue weighted by atomic mass is 10.2. The zero-order chi connectivity index (χ0) is 11.9. The average molecular weight is 227 g/mol. The zero-order valence-electron chi connectivity index (χ0n) is 9.60. The second-order valence-corrected chi connectivity index (χ2v) is 3.17. The highest BCUT2D eigenvalue weighted by Crippen LogP contribution is 2.26. The van der Waals surface area contributed by atoms with Gasteiger partial charge in [-0.3, -0.25) is 4.90 Å². The van der Waals surface area contributed by atoms with Crippen LogP contribution in [0.1, 0.15) is 27.2 Å². The molecule has 1 fully saturated rings. The maximum atomic E-state index is 12.4. The van der Waals surface area contributed by atoms with E-state index in [-0.39, 0.29) is 6.61 Å². The number of nitrogens with zero attached hydrogens (tertiary/aromatic N) is 1. The van der Waals surface area contributed by atoms with Gasteiger partial charge in [0.1, 0.15) is 6.04 Å². The lowest BCUT2D eigenvalue weighted by molar-refractivity contribution is -0.211. The molecular weight excluding hydrogens is 207 g/mol. The second-order valence-electron chi connectivity index (χ2n) is 3.17. The molecule has 15 heavy (non-hydrogen) atoms. The molecule has 1 unspecified atom stereocenters. The molecule has 2 nitrogen and oxygen atoms in total. The summed E-state index contributed by atoms with van der Waals surface area (Å²) < 4.78 is 42.0. The molecule has 1 saturated heterocycles. The summed E-state index contributed by atoms with van der Waals surface area (Å²) in [5, 5.41) is 0. The Morgan fingerprint density at radius 3 is 2.40 bits per heavy atom. The molecule has 92 valence electrons.